The standard InChI is InChI=1S/C24H31FN6O4S/c1-3-8-36-24-27-22(26-16-10-14(16)13-5-4-12(2)15(25)9-13)19-23(28-24)31(30-29-19)17-11-18(35-7-6-32)21(34)20(17)33/h4-5,9,14,16-18,20-21,32-34H,3,6-8,10-11H2,1-2H3,(H,26,27,28)/t14-,16+,17+,18-,20-,21+/m0/s1/i7D2,10D2,14D,16D. The van der Waals surface area contributed by atoms with Crippen molar-refractivity contribution in [3.8, 4) is 0 Å². The van der Waals surface area contributed by atoms with E-state index in [0.717, 1.165) is 12.5 Å². The third kappa shape index (κ3) is 4.92. The van der Waals surface area contributed by atoms with Gasteiger partial charge in [-0.25, -0.2) is 19.0 Å². The third-order valence-corrected chi connectivity index (χ3v) is 7.15. The summed E-state index contributed by atoms with van der Waals surface area (Å²) in [6.45, 7) is 0.0728. The maximum absolute atomic E-state index is 14.4. The first-order valence-electron chi connectivity index (χ1n) is 14.6. The van der Waals surface area contributed by atoms with Crippen LogP contribution in [0.25, 0.3) is 11.2 Å². The quantitative estimate of drug-likeness (QED) is 0.231. The van der Waals surface area contributed by atoms with Crippen molar-refractivity contribution in [2.75, 3.05) is 24.2 Å². The molecule has 2 aliphatic carbocycles. The zero-order chi connectivity index (χ0) is 30.8. The minimum atomic E-state index is -2.48. The Morgan fingerprint density at radius 3 is 2.94 bits per heavy atom. The number of thioether (sulfide) groups is 1. The fourth-order valence-corrected chi connectivity index (χ4v) is 4.81. The van der Waals surface area contributed by atoms with Crippen LogP contribution in [0.2, 0.25) is 0 Å². The number of hydrogen-bond acceptors (Lipinski definition) is 10. The van der Waals surface area contributed by atoms with Gasteiger partial charge in [-0.1, -0.05) is 36.0 Å². The van der Waals surface area contributed by atoms with Gasteiger partial charge < -0.3 is 25.4 Å². The van der Waals surface area contributed by atoms with Crippen molar-refractivity contribution in [2.24, 2.45) is 0 Å². The van der Waals surface area contributed by atoms with Gasteiger partial charge in [0.2, 0.25) is 0 Å². The van der Waals surface area contributed by atoms with Crippen molar-refractivity contribution < 1.29 is 32.7 Å². The van der Waals surface area contributed by atoms with E-state index in [9.17, 15) is 19.7 Å². The third-order valence-electron chi connectivity index (χ3n) is 6.09. The van der Waals surface area contributed by atoms with Crippen molar-refractivity contribution in [1.82, 2.24) is 25.0 Å². The normalized spacial score (nSPS) is 35.9. The summed E-state index contributed by atoms with van der Waals surface area (Å²) in [5, 5.41) is 41.7. The molecule has 2 fully saturated rings. The molecule has 0 bridgehead atoms. The van der Waals surface area contributed by atoms with E-state index < -0.39 is 61.6 Å². The lowest BCUT2D eigenvalue weighted by molar-refractivity contribution is -0.0629. The number of ether oxygens (including phenoxy) is 1. The molecule has 0 amide bonds. The van der Waals surface area contributed by atoms with Crippen molar-refractivity contribution in [3.05, 3.63) is 35.1 Å². The summed E-state index contributed by atoms with van der Waals surface area (Å²) >= 11 is 1.27. The Bertz CT molecular complexity index is 1510. The Hall–Kier alpha value is -2.38. The predicted molar refractivity (Wildman–Crippen MR) is 133 cm³/mol. The summed E-state index contributed by atoms with van der Waals surface area (Å²) in [6, 6.07) is 0.613. The lowest BCUT2D eigenvalue weighted by Gasteiger charge is -2.17. The number of aliphatic hydroxyl groups is 3. The van der Waals surface area contributed by atoms with Crippen LogP contribution < -0.4 is 5.32 Å². The van der Waals surface area contributed by atoms with E-state index in [1.54, 1.807) is 0 Å². The monoisotopic (exact) mass is 524 g/mol. The molecule has 2 saturated carbocycles. The molecule has 1 aromatic carbocycles. The predicted octanol–water partition coefficient (Wildman–Crippen LogP) is 2.18. The van der Waals surface area contributed by atoms with Gasteiger partial charge in [-0.3, -0.25) is 0 Å². The summed E-state index contributed by atoms with van der Waals surface area (Å²) in [4.78, 5) is 8.94. The van der Waals surface area contributed by atoms with Gasteiger partial charge in [0.15, 0.2) is 22.1 Å². The Kier molecular flexibility index (Phi) is 5.51. The summed E-state index contributed by atoms with van der Waals surface area (Å²) in [6.07, 6.45) is -5.99. The molecule has 36 heavy (non-hydrogen) atoms. The highest BCUT2D eigenvalue weighted by Gasteiger charge is 2.45. The largest absolute Gasteiger partial charge is 0.394 e. The van der Waals surface area contributed by atoms with Gasteiger partial charge in [-0.05, 0) is 36.9 Å². The second-order valence-corrected chi connectivity index (χ2v) is 9.68. The summed E-state index contributed by atoms with van der Waals surface area (Å²) in [5.41, 5.74) is 0.372. The maximum atomic E-state index is 14.4. The van der Waals surface area contributed by atoms with Crippen LogP contribution in [0.5, 0.6) is 0 Å². The molecule has 5 rings (SSSR count). The number of nitrogens with zero attached hydrogens (tertiary/aromatic N) is 5. The average Bonchev–Trinajstić information content (AvgIpc) is 3.30. The van der Waals surface area contributed by atoms with Gasteiger partial charge in [0.25, 0.3) is 0 Å². The first-order chi connectivity index (χ1) is 19.6. The van der Waals surface area contributed by atoms with Crippen LogP contribution >= 0.6 is 11.8 Å². The Labute approximate surface area is 220 Å². The molecule has 2 aliphatic rings. The molecule has 12 heteroatoms. The zero-order valence-corrected chi connectivity index (χ0v) is 20.5. The van der Waals surface area contributed by atoms with Gasteiger partial charge in [-0.15, -0.1) is 5.10 Å². The molecule has 3 aromatic rings. The van der Waals surface area contributed by atoms with Gasteiger partial charge in [0.05, 0.1) is 29.4 Å². The first-order valence-corrected chi connectivity index (χ1v) is 12.6. The minimum absolute atomic E-state index is 0.000596. The summed E-state index contributed by atoms with van der Waals surface area (Å²) in [5.74, 6) is -2.31. The summed E-state index contributed by atoms with van der Waals surface area (Å²) < 4.78 is 71.1. The highest BCUT2D eigenvalue weighted by Crippen LogP contribution is 2.44. The number of aryl methyl sites for hydroxylation is 1. The van der Waals surface area contributed by atoms with Crippen molar-refractivity contribution in [2.45, 2.75) is 74.5 Å². The lowest BCUT2D eigenvalue weighted by atomic mass is 10.1. The van der Waals surface area contributed by atoms with Crippen LogP contribution in [0.1, 0.15) is 57.4 Å². The van der Waals surface area contributed by atoms with Gasteiger partial charge in [0.1, 0.15) is 18.0 Å². The second-order valence-electron chi connectivity index (χ2n) is 8.62. The number of aliphatic hydroxyl groups excluding tert-OH is 3. The molecular formula is C24H31FN6O4S. The summed E-state index contributed by atoms with van der Waals surface area (Å²) in [7, 11) is 0. The van der Waals surface area contributed by atoms with Crippen LogP contribution in [0.4, 0.5) is 10.2 Å². The number of rotatable bonds is 10. The Balaban J connectivity index is 1.54. The fraction of sp³-hybridized carbons (Fsp3) is 0.583. The number of hydrogen-bond donors (Lipinski definition) is 4. The molecule has 2 aromatic heterocycles. The number of nitrogens with one attached hydrogen (secondary N) is 1. The smallest absolute Gasteiger partial charge is 0.191 e. The van der Waals surface area contributed by atoms with Crippen LogP contribution in [-0.4, -0.2) is 83.5 Å². The number of anilines is 1. The molecule has 0 aliphatic heterocycles. The Morgan fingerprint density at radius 2 is 2.19 bits per heavy atom. The van der Waals surface area contributed by atoms with E-state index in [1.807, 2.05) is 6.92 Å². The molecule has 6 atom stereocenters. The molecule has 0 unspecified atom stereocenters. The topological polar surface area (TPSA) is 138 Å². The van der Waals surface area contributed by atoms with E-state index in [0.29, 0.717) is 11.3 Å². The molecule has 4 N–H and O–H groups in total. The van der Waals surface area contributed by atoms with E-state index in [4.69, 9.17) is 13.0 Å². The van der Waals surface area contributed by atoms with E-state index in [2.05, 4.69) is 25.6 Å². The average molecular weight is 525 g/mol. The number of halogens is 1. The molecule has 194 valence electrons. The van der Waals surface area contributed by atoms with Gasteiger partial charge in [-0.2, -0.15) is 0 Å². The molecular weight excluding hydrogens is 487 g/mol. The second kappa shape index (κ2) is 10.5. The number of aromatic nitrogens is 5. The van der Waals surface area contributed by atoms with Crippen molar-refractivity contribution in [3.63, 3.8) is 0 Å². The lowest BCUT2D eigenvalue weighted by Crippen LogP contribution is -2.33. The highest BCUT2D eigenvalue weighted by molar-refractivity contribution is 7.99. The molecule has 2 heterocycles. The molecule has 10 nitrogen and oxygen atoms in total. The van der Waals surface area contributed by atoms with Gasteiger partial charge in [0, 0.05) is 28.2 Å². The fourth-order valence-electron chi connectivity index (χ4n) is 4.12. The minimum Gasteiger partial charge on any atom is -0.394 e. The SMILES string of the molecule is [2H]C([2H])(CO)O[C@H]1C[C@@H](n2nnc3c(N[C@]4([2H])C([2H])([2H])[C@@]4([2H])c4ccc(C)c(F)c4)nc(SCCC)nc32)[C@H](O)[C@@H]1O. The van der Waals surface area contributed by atoms with Crippen molar-refractivity contribution in [1.29, 1.82) is 0 Å². The Morgan fingerprint density at radius 1 is 1.36 bits per heavy atom. The maximum Gasteiger partial charge on any atom is 0.191 e. The van der Waals surface area contributed by atoms with E-state index >= 15 is 0 Å². The van der Waals surface area contributed by atoms with Crippen LogP contribution in [0.15, 0.2) is 23.4 Å². The van der Waals surface area contributed by atoms with E-state index in [-0.39, 0.29) is 34.1 Å². The zero-order valence-electron chi connectivity index (χ0n) is 25.6. The molecule has 0 spiro atoms. The number of fused-ring (bicyclic) bond motifs is 1. The van der Waals surface area contributed by atoms with Gasteiger partial charge >= 0.3 is 0 Å². The van der Waals surface area contributed by atoms with Crippen LogP contribution in [-0.2, 0) is 4.74 Å². The highest BCUT2D eigenvalue weighted by atomic mass is 32.2. The van der Waals surface area contributed by atoms with Crippen LogP contribution in [0.3, 0.4) is 0 Å². The van der Waals surface area contributed by atoms with Crippen LogP contribution in [0, 0.1) is 12.7 Å². The first kappa shape index (κ1) is 18.8. The molecule has 0 saturated heterocycles. The number of benzene rings is 1. The molecule has 0 radical (unpaired) electrons. The van der Waals surface area contributed by atoms with E-state index in [1.165, 1.54) is 35.5 Å². The van der Waals surface area contributed by atoms with Crippen molar-refractivity contribution >= 4 is 28.7 Å².